The molecule has 8 heteroatoms. The maximum atomic E-state index is 12.7. The third kappa shape index (κ3) is 13.2. The molecule has 0 bridgehead atoms. The van der Waals surface area contributed by atoms with E-state index in [9.17, 15) is 19.5 Å². The van der Waals surface area contributed by atoms with Crippen molar-refractivity contribution in [3.05, 3.63) is 91.0 Å². The van der Waals surface area contributed by atoms with Crippen molar-refractivity contribution in [2.75, 3.05) is 19.8 Å². The first kappa shape index (κ1) is 32.3. The van der Waals surface area contributed by atoms with Crippen LogP contribution in [0.25, 0.3) is 0 Å². The first-order valence-corrected chi connectivity index (χ1v) is 13.8. The van der Waals surface area contributed by atoms with Gasteiger partial charge in [-0.15, -0.1) is 13.2 Å². The van der Waals surface area contributed by atoms with Gasteiger partial charge in [0.25, 0.3) is 0 Å². The molecule has 8 nitrogen and oxygen atoms in total. The van der Waals surface area contributed by atoms with Crippen molar-refractivity contribution in [1.82, 2.24) is 10.6 Å². The number of esters is 1. The lowest BCUT2D eigenvalue weighted by molar-refractivity contribution is -0.144. The molecule has 0 fully saturated rings. The monoisotopic (exact) mass is 550 g/mol. The van der Waals surface area contributed by atoms with E-state index < -0.39 is 12.0 Å². The zero-order valence-electron chi connectivity index (χ0n) is 23.2. The van der Waals surface area contributed by atoms with Crippen molar-refractivity contribution in [3.63, 3.8) is 0 Å². The standard InChI is InChI=1S/C32H42N2O6/c1-3-5-6-10-14-31(37)39-20-19-33-32(38)27(11-4-2)22-30(36)34-28(23-35)21-25-15-17-29(18-16-25)40-24-26-12-8-7-9-13-26/h3-4,7-9,12-13,15-18,27-28,35H,1-2,5-6,10-11,14,19-24H2,(H,33,38)(H,34,36)/t27-,28-/m0/s1. The van der Waals surface area contributed by atoms with E-state index in [1.807, 2.05) is 60.7 Å². The summed E-state index contributed by atoms with van der Waals surface area (Å²) < 4.78 is 11.0. The Morgan fingerprint density at radius 1 is 0.950 bits per heavy atom. The normalized spacial score (nSPS) is 12.0. The molecule has 0 saturated carbocycles. The van der Waals surface area contributed by atoms with Gasteiger partial charge in [0.1, 0.15) is 19.0 Å². The first-order valence-electron chi connectivity index (χ1n) is 13.8. The highest BCUT2D eigenvalue weighted by atomic mass is 16.5. The molecular formula is C32H42N2O6. The summed E-state index contributed by atoms with van der Waals surface area (Å²) in [6, 6.07) is 16.9. The second kappa shape index (κ2) is 19.2. The van der Waals surface area contributed by atoms with Crippen LogP contribution in [0.5, 0.6) is 5.75 Å². The predicted octanol–water partition coefficient (Wildman–Crippen LogP) is 4.27. The van der Waals surface area contributed by atoms with Crippen LogP contribution in [0, 0.1) is 5.92 Å². The van der Waals surface area contributed by atoms with Crippen molar-refractivity contribution < 1.29 is 29.0 Å². The molecule has 2 aromatic rings. The van der Waals surface area contributed by atoms with Crippen molar-refractivity contribution in [3.8, 4) is 5.75 Å². The number of rotatable bonds is 20. The lowest BCUT2D eigenvalue weighted by Gasteiger charge is -2.19. The fourth-order valence-corrected chi connectivity index (χ4v) is 4.02. The van der Waals surface area contributed by atoms with Crippen molar-refractivity contribution in [1.29, 1.82) is 0 Å². The molecule has 2 amide bonds. The van der Waals surface area contributed by atoms with Gasteiger partial charge in [-0.1, -0.05) is 54.6 Å². The van der Waals surface area contributed by atoms with Crippen LogP contribution in [0.3, 0.4) is 0 Å². The molecule has 0 radical (unpaired) electrons. The minimum Gasteiger partial charge on any atom is -0.489 e. The van der Waals surface area contributed by atoms with Gasteiger partial charge in [0, 0.05) is 12.8 Å². The van der Waals surface area contributed by atoms with Gasteiger partial charge in [0.15, 0.2) is 0 Å². The van der Waals surface area contributed by atoms with Crippen LogP contribution in [0.4, 0.5) is 0 Å². The summed E-state index contributed by atoms with van der Waals surface area (Å²) in [6.07, 6.45) is 6.90. The van der Waals surface area contributed by atoms with Gasteiger partial charge in [-0.3, -0.25) is 14.4 Å². The Kier molecular flexibility index (Phi) is 15.5. The van der Waals surface area contributed by atoms with Crippen LogP contribution in [0.1, 0.15) is 49.7 Å². The largest absolute Gasteiger partial charge is 0.489 e. The quantitative estimate of drug-likeness (QED) is 0.129. The van der Waals surface area contributed by atoms with E-state index in [2.05, 4.69) is 23.8 Å². The summed E-state index contributed by atoms with van der Waals surface area (Å²) in [6.45, 7) is 7.79. The van der Waals surface area contributed by atoms with Crippen LogP contribution >= 0.6 is 0 Å². The van der Waals surface area contributed by atoms with E-state index in [0.717, 1.165) is 36.1 Å². The molecule has 3 N–H and O–H groups in total. The Labute approximate surface area is 237 Å². The van der Waals surface area contributed by atoms with Crippen LogP contribution in [0.2, 0.25) is 0 Å². The molecule has 40 heavy (non-hydrogen) atoms. The average molecular weight is 551 g/mol. The Balaban J connectivity index is 1.75. The van der Waals surface area contributed by atoms with Crippen LogP contribution < -0.4 is 15.4 Å². The number of carbonyl (C=O) groups is 3. The summed E-state index contributed by atoms with van der Waals surface area (Å²) >= 11 is 0. The summed E-state index contributed by atoms with van der Waals surface area (Å²) in [5, 5.41) is 15.4. The van der Waals surface area contributed by atoms with Gasteiger partial charge in [0.05, 0.1) is 25.1 Å². The summed E-state index contributed by atoms with van der Waals surface area (Å²) in [5.41, 5.74) is 2.01. The van der Waals surface area contributed by atoms with Gasteiger partial charge in [-0.25, -0.2) is 0 Å². The highest BCUT2D eigenvalue weighted by Gasteiger charge is 2.22. The summed E-state index contributed by atoms with van der Waals surface area (Å²) in [5.74, 6) is -0.843. The second-order valence-electron chi connectivity index (χ2n) is 9.54. The zero-order chi connectivity index (χ0) is 29.0. The predicted molar refractivity (Wildman–Crippen MR) is 155 cm³/mol. The highest BCUT2D eigenvalue weighted by molar-refractivity contribution is 5.86. The number of benzene rings is 2. The smallest absolute Gasteiger partial charge is 0.305 e. The number of aliphatic hydroxyl groups excluding tert-OH is 1. The number of unbranched alkanes of at least 4 members (excludes halogenated alkanes) is 2. The average Bonchev–Trinajstić information content (AvgIpc) is 2.97. The minimum atomic E-state index is -0.618. The van der Waals surface area contributed by atoms with Crippen molar-refractivity contribution in [2.45, 2.75) is 57.6 Å². The van der Waals surface area contributed by atoms with Gasteiger partial charge in [0.2, 0.25) is 11.8 Å². The zero-order valence-corrected chi connectivity index (χ0v) is 23.2. The molecule has 216 valence electrons. The lowest BCUT2D eigenvalue weighted by Crippen LogP contribution is -2.42. The number of amides is 2. The van der Waals surface area contributed by atoms with Crippen LogP contribution in [-0.2, 0) is 32.1 Å². The summed E-state index contributed by atoms with van der Waals surface area (Å²) in [7, 11) is 0. The third-order valence-corrected chi connectivity index (χ3v) is 6.20. The molecule has 0 spiro atoms. The van der Waals surface area contributed by atoms with Crippen LogP contribution in [0.15, 0.2) is 79.9 Å². The maximum absolute atomic E-state index is 12.7. The molecule has 2 atom stereocenters. The number of ether oxygens (including phenoxy) is 2. The topological polar surface area (TPSA) is 114 Å². The van der Waals surface area contributed by atoms with Gasteiger partial charge < -0.3 is 25.2 Å². The molecule has 0 aromatic heterocycles. The third-order valence-electron chi connectivity index (χ3n) is 6.20. The molecule has 0 aliphatic rings. The fourth-order valence-electron chi connectivity index (χ4n) is 4.02. The second-order valence-corrected chi connectivity index (χ2v) is 9.54. The summed E-state index contributed by atoms with van der Waals surface area (Å²) in [4.78, 5) is 37.1. The molecule has 2 aromatic carbocycles. The molecule has 0 aliphatic heterocycles. The molecule has 0 unspecified atom stereocenters. The van der Waals surface area contributed by atoms with Crippen molar-refractivity contribution in [2.24, 2.45) is 5.92 Å². The molecule has 0 heterocycles. The van der Waals surface area contributed by atoms with Gasteiger partial charge >= 0.3 is 5.97 Å². The maximum Gasteiger partial charge on any atom is 0.305 e. The van der Waals surface area contributed by atoms with E-state index in [4.69, 9.17) is 9.47 Å². The number of allylic oxidation sites excluding steroid dienone is 2. The van der Waals surface area contributed by atoms with E-state index in [0.29, 0.717) is 25.9 Å². The number of nitrogens with one attached hydrogen (secondary N) is 2. The van der Waals surface area contributed by atoms with Crippen molar-refractivity contribution >= 4 is 17.8 Å². The molecular weight excluding hydrogens is 508 g/mol. The number of hydrogen-bond donors (Lipinski definition) is 3. The number of carbonyl (C=O) groups excluding carboxylic acids is 3. The van der Waals surface area contributed by atoms with E-state index in [1.54, 1.807) is 6.08 Å². The van der Waals surface area contributed by atoms with Crippen LogP contribution in [-0.4, -0.2) is 48.7 Å². The van der Waals surface area contributed by atoms with Gasteiger partial charge in [-0.2, -0.15) is 0 Å². The Hall–Kier alpha value is -3.91. The van der Waals surface area contributed by atoms with E-state index >= 15 is 0 Å². The van der Waals surface area contributed by atoms with Gasteiger partial charge in [-0.05, 0) is 55.4 Å². The number of hydrogen-bond acceptors (Lipinski definition) is 6. The highest BCUT2D eigenvalue weighted by Crippen LogP contribution is 2.16. The Morgan fingerprint density at radius 3 is 2.38 bits per heavy atom. The first-order chi connectivity index (χ1) is 19.4. The Bertz CT molecular complexity index is 1050. The minimum absolute atomic E-state index is 0.0519. The molecule has 0 aliphatic carbocycles. The number of aliphatic hydroxyl groups is 1. The fraction of sp³-hybridized carbons (Fsp3) is 0.406. The lowest BCUT2D eigenvalue weighted by atomic mass is 9.99. The SMILES string of the molecule is C=CCCCCC(=O)OCCNC(=O)[C@@H](CC=C)CC(=O)N[C@H](CO)Cc1ccc(OCc2ccccc2)cc1. The van der Waals surface area contributed by atoms with E-state index in [1.165, 1.54) is 0 Å². The molecule has 2 rings (SSSR count). The Morgan fingerprint density at radius 2 is 1.70 bits per heavy atom. The molecule has 0 saturated heterocycles. The van der Waals surface area contributed by atoms with E-state index in [-0.39, 0.29) is 44.0 Å².